The van der Waals surface area contributed by atoms with E-state index in [9.17, 15) is 19.2 Å². The van der Waals surface area contributed by atoms with Crippen LogP contribution in [0.15, 0.2) is 0 Å². The Morgan fingerprint density at radius 3 is 1.28 bits per heavy atom. The van der Waals surface area contributed by atoms with Gasteiger partial charge in [0, 0.05) is 0 Å². The van der Waals surface area contributed by atoms with Gasteiger partial charge in [-0.15, -0.1) is 0 Å². The predicted octanol–water partition coefficient (Wildman–Crippen LogP) is -1.28. The quantitative estimate of drug-likeness (QED) is 0.384. The summed E-state index contributed by atoms with van der Waals surface area (Å²) in [7, 11) is 0. The maximum absolute atomic E-state index is 11.7. The minimum Gasteiger partial charge on any atom is -0.342 e. The van der Waals surface area contributed by atoms with Crippen molar-refractivity contribution in [2.45, 2.75) is 39.6 Å². The van der Waals surface area contributed by atoms with Gasteiger partial charge in [-0.2, -0.15) is 0 Å². The molecule has 7 heteroatoms. The number of Topliss-reactive ketones (excluding diaryl/α,β-unsaturated/α-hetero) is 4. The van der Waals surface area contributed by atoms with E-state index < -0.39 is 47.4 Å². The van der Waals surface area contributed by atoms with Crippen molar-refractivity contribution in [1.82, 2.24) is 0 Å². The van der Waals surface area contributed by atoms with Gasteiger partial charge in [-0.25, -0.2) is 0 Å². The van der Waals surface area contributed by atoms with E-state index >= 15 is 0 Å². The lowest BCUT2D eigenvalue weighted by atomic mass is 9.75. The molecule has 0 spiro atoms. The van der Waals surface area contributed by atoms with Crippen LogP contribution >= 0.6 is 0 Å². The molecular formula is C11H16O7. The third-order valence-corrected chi connectivity index (χ3v) is 2.61. The Balaban J connectivity index is 5.45. The maximum atomic E-state index is 11.7. The van der Waals surface area contributed by atoms with Crippen LogP contribution in [0, 0.1) is 5.41 Å². The molecule has 0 rings (SSSR count). The molecule has 0 atom stereocenters. The molecule has 0 unspecified atom stereocenters. The number of hydrogen-bond acceptors (Lipinski definition) is 7. The molecular weight excluding hydrogens is 244 g/mol. The Morgan fingerprint density at radius 2 is 1.11 bits per heavy atom. The van der Waals surface area contributed by atoms with Gasteiger partial charge in [-0.1, -0.05) is 0 Å². The van der Waals surface area contributed by atoms with Crippen molar-refractivity contribution in [2.24, 2.45) is 5.41 Å². The fourth-order valence-electron chi connectivity index (χ4n) is 1.34. The average molecular weight is 260 g/mol. The van der Waals surface area contributed by atoms with Crippen molar-refractivity contribution in [1.29, 1.82) is 0 Å². The van der Waals surface area contributed by atoms with Crippen LogP contribution in [0.2, 0.25) is 0 Å². The number of carbonyl (C=O) groups excluding carboxylic acids is 4. The zero-order chi connectivity index (χ0) is 14.7. The second-order valence-electron chi connectivity index (χ2n) is 4.36. The summed E-state index contributed by atoms with van der Waals surface area (Å²) in [6.07, 6.45) is -1.49. The molecule has 102 valence electrons. The highest BCUT2D eigenvalue weighted by atomic mass is 16.7. The Morgan fingerprint density at radius 1 is 0.833 bits per heavy atom. The second kappa shape index (κ2) is 5.47. The predicted molar refractivity (Wildman–Crippen MR) is 58.1 cm³/mol. The van der Waals surface area contributed by atoms with Crippen LogP contribution in [0.5, 0.6) is 0 Å². The molecule has 0 aromatic heterocycles. The van der Waals surface area contributed by atoms with E-state index in [1.54, 1.807) is 0 Å². The van der Waals surface area contributed by atoms with Gasteiger partial charge in [-0.3, -0.25) is 19.2 Å². The molecule has 18 heavy (non-hydrogen) atoms. The monoisotopic (exact) mass is 260 g/mol. The molecule has 0 aliphatic carbocycles. The summed E-state index contributed by atoms with van der Waals surface area (Å²) < 4.78 is 0. The van der Waals surface area contributed by atoms with E-state index in [4.69, 9.17) is 15.3 Å². The fourth-order valence-corrected chi connectivity index (χ4v) is 1.34. The van der Waals surface area contributed by atoms with Crippen LogP contribution < -0.4 is 0 Å². The highest BCUT2D eigenvalue weighted by molar-refractivity contribution is 6.16. The third kappa shape index (κ3) is 3.52. The molecule has 0 aliphatic rings. The lowest BCUT2D eigenvalue weighted by Crippen LogP contribution is -2.57. The molecule has 0 aliphatic heterocycles. The first kappa shape index (κ1) is 16.6. The van der Waals surface area contributed by atoms with Gasteiger partial charge in [-0.05, 0) is 20.8 Å². The van der Waals surface area contributed by atoms with Gasteiger partial charge in [0.25, 0.3) is 5.97 Å². The van der Waals surface area contributed by atoms with Gasteiger partial charge < -0.3 is 15.3 Å². The average Bonchev–Trinajstić information content (AvgIpc) is 2.11. The van der Waals surface area contributed by atoms with Crippen LogP contribution in [0.4, 0.5) is 0 Å². The van der Waals surface area contributed by atoms with E-state index in [0.29, 0.717) is 0 Å². The molecule has 7 nitrogen and oxygen atoms in total. The van der Waals surface area contributed by atoms with Crippen molar-refractivity contribution in [3.8, 4) is 0 Å². The van der Waals surface area contributed by atoms with Crippen molar-refractivity contribution >= 4 is 23.1 Å². The smallest absolute Gasteiger partial charge is 0.295 e. The summed E-state index contributed by atoms with van der Waals surface area (Å²) in [6, 6.07) is 0. The van der Waals surface area contributed by atoms with Crippen LogP contribution in [-0.2, 0) is 19.2 Å². The Kier molecular flexibility index (Phi) is 5.03. The summed E-state index contributed by atoms with van der Waals surface area (Å²) >= 11 is 0. The zero-order valence-corrected chi connectivity index (χ0v) is 10.4. The van der Waals surface area contributed by atoms with Crippen LogP contribution in [0.25, 0.3) is 0 Å². The summed E-state index contributed by atoms with van der Waals surface area (Å²) in [5.74, 6) is -7.16. The van der Waals surface area contributed by atoms with Gasteiger partial charge in [0.1, 0.15) is 11.6 Å². The van der Waals surface area contributed by atoms with Crippen LogP contribution in [0.3, 0.4) is 0 Å². The van der Waals surface area contributed by atoms with Crippen molar-refractivity contribution < 1.29 is 34.5 Å². The van der Waals surface area contributed by atoms with E-state index in [1.807, 2.05) is 0 Å². The number of rotatable bonds is 7. The van der Waals surface area contributed by atoms with E-state index in [0.717, 1.165) is 20.8 Å². The summed E-state index contributed by atoms with van der Waals surface area (Å²) in [5, 5.41) is 27.5. The van der Waals surface area contributed by atoms with Gasteiger partial charge >= 0.3 is 0 Å². The molecule has 0 amide bonds. The topological polar surface area (TPSA) is 129 Å². The van der Waals surface area contributed by atoms with Crippen LogP contribution in [-0.4, -0.2) is 44.4 Å². The standard InChI is InChI=1S/C11H16O7/c1-6(12)4-8(14)10(3,11(16,17)18)9(15)5-7(2)13/h16-18H,4-5H2,1-3H3. The van der Waals surface area contributed by atoms with Crippen molar-refractivity contribution in [2.75, 3.05) is 0 Å². The number of carbonyl (C=O) groups is 4. The van der Waals surface area contributed by atoms with Gasteiger partial charge in [0.2, 0.25) is 0 Å². The minimum absolute atomic E-state index is 0.605. The Hall–Kier alpha value is -1.44. The number of ketones is 4. The summed E-state index contributed by atoms with van der Waals surface area (Å²) in [4.78, 5) is 45.1. The first-order valence-electron chi connectivity index (χ1n) is 5.15. The molecule has 0 heterocycles. The van der Waals surface area contributed by atoms with Gasteiger partial charge in [0.15, 0.2) is 17.0 Å². The second-order valence-corrected chi connectivity index (χ2v) is 4.36. The SMILES string of the molecule is CC(=O)CC(=O)C(C)(C(=O)CC(C)=O)C(O)(O)O. The molecule has 0 fully saturated rings. The highest BCUT2D eigenvalue weighted by Gasteiger charge is 2.56. The van der Waals surface area contributed by atoms with E-state index in [-0.39, 0.29) is 0 Å². The zero-order valence-electron chi connectivity index (χ0n) is 10.4. The van der Waals surface area contributed by atoms with E-state index in [2.05, 4.69) is 0 Å². The Bertz CT molecular complexity index is 361. The first-order chi connectivity index (χ1) is 7.92. The van der Waals surface area contributed by atoms with Crippen molar-refractivity contribution in [3.63, 3.8) is 0 Å². The van der Waals surface area contributed by atoms with Gasteiger partial charge in [0.05, 0.1) is 12.8 Å². The first-order valence-corrected chi connectivity index (χ1v) is 5.15. The maximum Gasteiger partial charge on any atom is 0.295 e. The molecule has 0 radical (unpaired) electrons. The van der Waals surface area contributed by atoms with E-state index in [1.165, 1.54) is 0 Å². The highest BCUT2D eigenvalue weighted by Crippen LogP contribution is 2.32. The largest absolute Gasteiger partial charge is 0.342 e. The molecule has 0 bridgehead atoms. The summed E-state index contributed by atoms with van der Waals surface area (Å²) in [5.41, 5.74) is -2.63. The molecule has 0 aromatic carbocycles. The minimum atomic E-state index is -3.63. The normalized spacial score (nSPS) is 12.1. The molecule has 0 aromatic rings. The van der Waals surface area contributed by atoms with Crippen molar-refractivity contribution in [3.05, 3.63) is 0 Å². The fraction of sp³-hybridized carbons (Fsp3) is 0.636. The molecule has 0 saturated heterocycles. The number of hydrogen-bond donors (Lipinski definition) is 3. The lowest BCUT2D eigenvalue weighted by molar-refractivity contribution is -0.350. The van der Waals surface area contributed by atoms with Crippen LogP contribution in [0.1, 0.15) is 33.6 Å². The lowest BCUT2D eigenvalue weighted by Gasteiger charge is -2.33. The third-order valence-electron chi connectivity index (χ3n) is 2.61. The Labute approximate surface area is 103 Å². The number of aliphatic hydroxyl groups is 3. The summed E-state index contributed by atoms with van der Waals surface area (Å²) in [6.45, 7) is 2.92. The molecule has 3 N–H and O–H groups in total. The molecule has 0 saturated carbocycles.